The predicted molar refractivity (Wildman–Crippen MR) is 92.6 cm³/mol. The monoisotopic (exact) mass is 326 g/mol. The Labute approximate surface area is 138 Å². The molecule has 1 amide bonds. The Kier molecular flexibility index (Phi) is 6.12. The van der Waals surface area contributed by atoms with Crippen LogP contribution in [-0.2, 0) is 4.74 Å². The third kappa shape index (κ3) is 6.14. The molecule has 0 aliphatic carbocycles. The van der Waals surface area contributed by atoms with Gasteiger partial charge in [-0.3, -0.25) is 0 Å². The van der Waals surface area contributed by atoms with E-state index in [9.17, 15) is 4.79 Å². The standard InChI is InChI=1S/C17H27ClN2O2/c1-16(2,3)20(15(21)22-17(4,5)6)12-11-19-14-10-8-7-9-13(14)18/h7-10,19H,11-12H2,1-6H3. The van der Waals surface area contributed by atoms with Crippen LogP contribution in [0.3, 0.4) is 0 Å². The summed E-state index contributed by atoms with van der Waals surface area (Å²) in [7, 11) is 0. The third-order valence-corrected chi connectivity index (χ3v) is 3.28. The minimum Gasteiger partial charge on any atom is -0.444 e. The van der Waals surface area contributed by atoms with E-state index in [1.165, 1.54) is 0 Å². The van der Waals surface area contributed by atoms with E-state index in [1.807, 2.05) is 65.8 Å². The zero-order valence-electron chi connectivity index (χ0n) is 14.4. The number of hydrogen-bond donors (Lipinski definition) is 1. The summed E-state index contributed by atoms with van der Waals surface area (Å²) in [6, 6.07) is 7.55. The highest BCUT2D eigenvalue weighted by Gasteiger charge is 2.30. The Morgan fingerprint density at radius 1 is 1.18 bits per heavy atom. The second kappa shape index (κ2) is 7.23. The van der Waals surface area contributed by atoms with Crippen molar-refractivity contribution in [3.05, 3.63) is 29.3 Å². The molecule has 1 aromatic rings. The number of carbonyl (C=O) groups excluding carboxylic acids is 1. The molecule has 0 aliphatic heterocycles. The lowest BCUT2D eigenvalue weighted by atomic mass is 10.1. The molecule has 0 aliphatic rings. The summed E-state index contributed by atoms with van der Waals surface area (Å²) >= 11 is 6.11. The second-order valence-electron chi connectivity index (χ2n) is 7.21. The summed E-state index contributed by atoms with van der Waals surface area (Å²) in [6.07, 6.45) is -0.305. The van der Waals surface area contributed by atoms with Gasteiger partial charge in [0.25, 0.3) is 0 Å². The van der Waals surface area contributed by atoms with E-state index >= 15 is 0 Å². The van der Waals surface area contributed by atoms with E-state index in [-0.39, 0.29) is 11.6 Å². The summed E-state index contributed by atoms with van der Waals surface area (Å²) < 4.78 is 5.49. The van der Waals surface area contributed by atoms with Gasteiger partial charge in [-0.15, -0.1) is 0 Å². The smallest absolute Gasteiger partial charge is 0.410 e. The molecule has 0 aromatic heterocycles. The molecule has 1 rings (SSSR count). The van der Waals surface area contributed by atoms with Gasteiger partial charge in [-0.2, -0.15) is 0 Å². The molecule has 1 N–H and O–H groups in total. The van der Waals surface area contributed by atoms with E-state index in [0.717, 1.165) is 5.69 Å². The summed E-state index contributed by atoms with van der Waals surface area (Å²) in [5.41, 5.74) is 0.0450. The van der Waals surface area contributed by atoms with Gasteiger partial charge in [0.1, 0.15) is 5.60 Å². The lowest BCUT2D eigenvalue weighted by molar-refractivity contribution is 0.00749. The van der Waals surface area contributed by atoms with Crippen molar-refractivity contribution >= 4 is 23.4 Å². The number of hydrogen-bond acceptors (Lipinski definition) is 3. The normalized spacial score (nSPS) is 12.0. The van der Waals surface area contributed by atoms with Crippen LogP contribution in [0.4, 0.5) is 10.5 Å². The van der Waals surface area contributed by atoms with Crippen molar-refractivity contribution in [1.82, 2.24) is 4.90 Å². The number of nitrogens with zero attached hydrogens (tertiary/aromatic N) is 1. The fourth-order valence-corrected chi connectivity index (χ4v) is 2.13. The van der Waals surface area contributed by atoms with Crippen LogP contribution in [0.5, 0.6) is 0 Å². The molecule has 0 fully saturated rings. The number of carbonyl (C=O) groups is 1. The Morgan fingerprint density at radius 2 is 1.77 bits per heavy atom. The number of rotatable bonds is 4. The number of anilines is 1. The predicted octanol–water partition coefficient (Wildman–Crippen LogP) is 4.79. The third-order valence-electron chi connectivity index (χ3n) is 2.95. The van der Waals surface area contributed by atoms with Crippen molar-refractivity contribution in [2.45, 2.75) is 52.7 Å². The lowest BCUT2D eigenvalue weighted by Crippen LogP contribution is -2.49. The van der Waals surface area contributed by atoms with Crippen molar-refractivity contribution in [3.8, 4) is 0 Å². The van der Waals surface area contributed by atoms with Crippen LogP contribution < -0.4 is 5.32 Å². The van der Waals surface area contributed by atoms with Crippen LogP contribution in [0.15, 0.2) is 24.3 Å². The fourth-order valence-electron chi connectivity index (χ4n) is 1.92. The van der Waals surface area contributed by atoms with Gasteiger partial charge in [-0.05, 0) is 53.7 Å². The Balaban J connectivity index is 2.67. The van der Waals surface area contributed by atoms with Crippen LogP contribution in [0.2, 0.25) is 5.02 Å². The molecule has 0 unspecified atom stereocenters. The molecular weight excluding hydrogens is 300 g/mol. The van der Waals surface area contributed by atoms with E-state index in [0.29, 0.717) is 18.1 Å². The number of benzene rings is 1. The maximum absolute atomic E-state index is 12.4. The zero-order valence-corrected chi connectivity index (χ0v) is 15.1. The van der Waals surface area contributed by atoms with Gasteiger partial charge in [0.05, 0.1) is 10.7 Å². The highest BCUT2D eigenvalue weighted by Crippen LogP contribution is 2.21. The first-order chi connectivity index (χ1) is 10.0. The topological polar surface area (TPSA) is 41.6 Å². The molecule has 0 saturated carbocycles. The first kappa shape index (κ1) is 18.6. The second-order valence-corrected chi connectivity index (χ2v) is 7.62. The quantitative estimate of drug-likeness (QED) is 0.865. The molecule has 0 atom stereocenters. The van der Waals surface area contributed by atoms with Crippen molar-refractivity contribution < 1.29 is 9.53 Å². The molecule has 0 spiro atoms. The van der Waals surface area contributed by atoms with Crippen LogP contribution in [-0.4, -0.2) is 35.2 Å². The van der Waals surface area contributed by atoms with Crippen molar-refractivity contribution in [2.24, 2.45) is 0 Å². The van der Waals surface area contributed by atoms with Crippen LogP contribution in [0.25, 0.3) is 0 Å². The molecule has 4 nitrogen and oxygen atoms in total. The number of amides is 1. The van der Waals surface area contributed by atoms with Gasteiger partial charge in [0.15, 0.2) is 0 Å². The van der Waals surface area contributed by atoms with E-state index in [1.54, 1.807) is 4.90 Å². The lowest BCUT2D eigenvalue weighted by Gasteiger charge is -2.37. The summed E-state index contributed by atoms with van der Waals surface area (Å²) in [4.78, 5) is 14.1. The molecule has 22 heavy (non-hydrogen) atoms. The largest absolute Gasteiger partial charge is 0.444 e. The van der Waals surface area contributed by atoms with Crippen LogP contribution in [0.1, 0.15) is 41.5 Å². The SMILES string of the molecule is CC(C)(C)OC(=O)N(CCNc1ccccc1Cl)C(C)(C)C. The average Bonchev–Trinajstić information content (AvgIpc) is 2.32. The maximum atomic E-state index is 12.4. The van der Waals surface area contributed by atoms with Crippen LogP contribution >= 0.6 is 11.6 Å². The highest BCUT2D eigenvalue weighted by atomic mass is 35.5. The number of ether oxygens (including phenoxy) is 1. The molecule has 0 bridgehead atoms. The van der Waals surface area contributed by atoms with E-state index in [4.69, 9.17) is 16.3 Å². The van der Waals surface area contributed by atoms with Gasteiger partial charge in [-0.25, -0.2) is 4.79 Å². The minimum absolute atomic E-state index is 0.305. The van der Waals surface area contributed by atoms with Gasteiger partial charge < -0.3 is 15.0 Å². The van der Waals surface area contributed by atoms with Crippen molar-refractivity contribution in [1.29, 1.82) is 0 Å². The Bertz CT molecular complexity index is 504. The average molecular weight is 327 g/mol. The zero-order chi connectivity index (χ0) is 17.0. The van der Waals surface area contributed by atoms with E-state index < -0.39 is 5.60 Å². The Hall–Kier alpha value is -1.42. The fraction of sp³-hybridized carbons (Fsp3) is 0.588. The van der Waals surface area contributed by atoms with Gasteiger partial charge in [-0.1, -0.05) is 23.7 Å². The minimum atomic E-state index is -0.503. The van der Waals surface area contributed by atoms with Crippen molar-refractivity contribution in [2.75, 3.05) is 18.4 Å². The molecule has 0 radical (unpaired) electrons. The molecule has 124 valence electrons. The van der Waals surface area contributed by atoms with Gasteiger partial charge in [0.2, 0.25) is 0 Å². The summed E-state index contributed by atoms with van der Waals surface area (Å²) in [5.74, 6) is 0. The number of para-hydroxylation sites is 1. The van der Waals surface area contributed by atoms with E-state index in [2.05, 4.69) is 5.32 Å². The summed E-state index contributed by atoms with van der Waals surface area (Å²) in [5, 5.41) is 3.92. The molecule has 5 heteroatoms. The van der Waals surface area contributed by atoms with Crippen molar-refractivity contribution in [3.63, 3.8) is 0 Å². The van der Waals surface area contributed by atoms with Crippen LogP contribution in [0, 0.1) is 0 Å². The Morgan fingerprint density at radius 3 is 2.27 bits per heavy atom. The van der Waals surface area contributed by atoms with Gasteiger partial charge in [0, 0.05) is 18.6 Å². The molecule has 0 saturated heterocycles. The first-order valence-corrected chi connectivity index (χ1v) is 7.87. The molecular formula is C17H27ClN2O2. The first-order valence-electron chi connectivity index (χ1n) is 7.50. The molecule has 1 aromatic carbocycles. The maximum Gasteiger partial charge on any atom is 0.410 e. The number of halogens is 1. The van der Waals surface area contributed by atoms with Gasteiger partial charge >= 0.3 is 6.09 Å². The highest BCUT2D eigenvalue weighted by molar-refractivity contribution is 6.33. The summed E-state index contributed by atoms with van der Waals surface area (Å²) in [6.45, 7) is 12.7. The molecule has 0 heterocycles. The number of nitrogens with one attached hydrogen (secondary N) is 1.